The van der Waals surface area contributed by atoms with E-state index in [1.54, 1.807) is 23.5 Å². The molecule has 1 heterocycles. The molecule has 4 rings (SSSR count). The molecule has 138 valence electrons. The van der Waals surface area contributed by atoms with Gasteiger partial charge in [-0.05, 0) is 49.6 Å². The van der Waals surface area contributed by atoms with Gasteiger partial charge >= 0.3 is 0 Å². The molecule has 0 spiro atoms. The van der Waals surface area contributed by atoms with Crippen molar-refractivity contribution in [2.24, 2.45) is 0 Å². The van der Waals surface area contributed by atoms with Gasteiger partial charge in [-0.25, -0.2) is 9.37 Å². The Labute approximate surface area is 166 Å². The molecule has 1 N–H and O–H groups in total. The molecule has 1 saturated carbocycles. The number of halogens is 2. The van der Waals surface area contributed by atoms with Gasteiger partial charge in [-0.1, -0.05) is 35.9 Å². The summed E-state index contributed by atoms with van der Waals surface area (Å²) >= 11 is 7.53. The maximum absolute atomic E-state index is 13.2. The summed E-state index contributed by atoms with van der Waals surface area (Å²) in [4.78, 5) is 18.5. The lowest BCUT2D eigenvalue weighted by Crippen LogP contribution is -2.34. The summed E-state index contributed by atoms with van der Waals surface area (Å²) in [6, 6.07) is 13.8. The van der Waals surface area contributed by atoms with Gasteiger partial charge in [-0.2, -0.15) is 0 Å². The van der Waals surface area contributed by atoms with Gasteiger partial charge in [-0.3, -0.25) is 4.79 Å². The van der Waals surface area contributed by atoms with E-state index in [0.29, 0.717) is 11.6 Å². The zero-order valence-electron chi connectivity index (χ0n) is 14.8. The minimum absolute atomic E-state index is 0.0185. The first-order valence-corrected chi connectivity index (χ1v) is 9.94. The maximum atomic E-state index is 13.2. The van der Waals surface area contributed by atoms with Gasteiger partial charge in [0.15, 0.2) is 0 Å². The van der Waals surface area contributed by atoms with Gasteiger partial charge in [0.2, 0.25) is 5.91 Å². The summed E-state index contributed by atoms with van der Waals surface area (Å²) < 4.78 is 13.2. The second kappa shape index (κ2) is 7.06. The number of rotatable bonds is 5. The van der Waals surface area contributed by atoms with Crippen LogP contribution in [0.4, 0.5) is 4.39 Å². The minimum atomic E-state index is -0.515. The number of aromatic nitrogens is 1. The first-order chi connectivity index (χ1) is 13.0. The number of aryl methyl sites for hydroxylation is 1. The van der Waals surface area contributed by atoms with E-state index in [2.05, 4.69) is 10.3 Å². The number of hydrogen-bond acceptors (Lipinski definition) is 3. The van der Waals surface area contributed by atoms with Gasteiger partial charge in [-0.15, -0.1) is 11.3 Å². The van der Waals surface area contributed by atoms with E-state index in [1.165, 1.54) is 12.1 Å². The zero-order valence-corrected chi connectivity index (χ0v) is 16.3. The average molecular weight is 401 g/mol. The highest BCUT2D eigenvalue weighted by atomic mass is 35.5. The van der Waals surface area contributed by atoms with Crippen molar-refractivity contribution >= 4 is 28.8 Å². The van der Waals surface area contributed by atoms with Crippen molar-refractivity contribution in [1.29, 1.82) is 0 Å². The predicted molar refractivity (Wildman–Crippen MR) is 106 cm³/mol. The van der Waals surface area contributed by atoms with E-state index >= 15 is 0 Å². The van der Waals surface area contributed by atoms with Crippen LogP contribution in [-0.4, -0.2) is 10.9 Å². The largest absolute Gasteiger partial charge is 0.349 e. The molecule has 1 aliphatic rings. The molecule has 2 aromatic carbocycles. The number of amides is 1. The molecule has 1 aliphatic carbocycles. The number of carbonyl (C=O) groups excluding carboxylic acids is 1. The molecule has 27 heavy (non-hydrogen) atoms. The number of carbonyl (C=O) groups is 1. The molecular formula is C21H18ClFN2OS. The fourth-order valence-electron chi connectivity index (χ4n) is 3.27. The van der Waals surface area contributed by atoms with Crippen LogP contribution < -0.4 is 5.32 Å². The van der Waals surface area contributed by atoms with E-state index < -0.39 is 5.41 Å². The van der Waals surface area contributed by atoms with Gasteiger partial charge in [0.1, 0.15) is 10.8 Å². The number of benzene rings is 2. The van der Waals surface area contributed by atoms with E-state index in [-0.39, 0.29) is 11.7 Å². The average Bonchev–Trinajstić information content (AvgIpc) is 3.39. The second-order valence-corrected chi connectivity index (χ2v) is 8.52. The molecular weight excluding hydrogens is 383 g/mol. The van der Waals surface area contributed by atoms with Crippen molar-refractivity contribution in [3.05, 3.63) is 74.8 Å². The van der Waals surface area contributed by atoms with E-state index in [9.17, 15) is 9.18 Å². The fraction of sp³-hybridized carbons (Fsp3) is 0.238. The lowest BCUT2D eigenvalue weighted by molar-refractivity contribution is -0.123. The summed E-state index contributed by atoms with van der Waals surface area (Å²) in [6.45, 7) is 2.41. The molecule has 3 nitrogen and oxygen atoms in total. The number of hydrogen-bond donors (Lipinski definition) is 1. The molecule has 0 unspecified atom stereocenters. The lowest BCUT2D eigenvalue weighted by atomic mass is 9.95. The topological polar surface area (TPSA) is 42.0 Å². The highest BCUT2D eigenvalue weighted by Crippen LogP contribution is 2.48. The SMILES string of the molecule is Cc1sc(CNC(=O)C2(c3ccc(F)cc3)CC2)nc1-c1ccc(Cl)cc1. The Balaban J connectivity index is 1.46. The third-order valence-corrected chi connectivity index (χ3v) is 6.16. The van der Waals surface area contributed by atoms with Gasteiger partial charge in [0, 0.05) is 15.5 Å². The van der Waals surface area contributed by atoms with E-state index in [4.69, 9.17) is 11.6 Å². The zero-order chi connectivity index (χ0) is 19.0. The minimum Gasteiger partial charge on any atom is -0.349 e. The Bertz CT molecular complexity index is 978. The number of nitrogens with zero attached hydrogens (tertiary/aromatic N) is 1. The number of nitrogens with one attached hydrogen (secondary N) is 1. The van der Waals surface area contributed by atoms with Crippen molar-refractivity contribution in [2.75, 3.05) is 0 Å². The van der Waals surface area contributed by atoms with Gasteiger partial charge in [0.25, 0.3) is 0 Å². The Kier molecular flexibility index (Phi) is 4.74. The third kappa shape index (κ3) is 3.62. The summed E-state index contributed by atoms with van der Waals surface area (Å²) in [5.74, 6) is -0.307. The highest BCUT2D eigenvalue weighted by Gasteiger charge is 2.51. The molecule has 0 aliphatic heterocycles. The molecule has 0 atom stereocenters. The van der Waals surface area contributed by atoms with Crippen molar-refractivity contribution in [3.8, 4) is 11.3 Å². The van der Waals surface area contributed by atoms with Crippen LogP contribution in [0.2, 0.25) is 5.02 Å². The fourth-order valence-corrected chi connectivity index (χ4v) is 4.29. The quantitative estimate of drug-likeness (QED) is 0.634. The van der Waals surface area contributed by atoms with Crippen LogP contribution in [0.25, 0.3) is 11.3 Å². The molecule has 0 radical (unpaired) electrons. The monoisotopic (exact) mass is 400 g/mol. The van der Waals surface area contributed by atoms with Gasteiger partial charge < -0.3 is 5.32 Å². The van der Waals surface area contributed by atoms with Crippen LogP contribution in [0.5, 0.6) is 0 Å². The summed E-state index contributed by atoms with van der Waals surface area (Å²) in [5, 5.41) is 4.56. The van der Waals surface area contributed by atoms with Crippen molar-refractivity contribution in [3.63, 3.8) is 0 Å². The summed E-state index contributed by atoms with van der Waals surface area (Å²) in [7, 11) is 0. The highest BCUT2D eigenvalue weighted by molar-refractivity contribution is 7.12. The lowest BCUT2D eigenvalue weighted by Gasteiger charge is -2.15. The Hall–Kier alpha value is -2.24. The third-order valence-electron chi connectivity index (χ3n) is 4.94. The predicted octanol–water partition coefficient (Wildman–Crippen LogP) is 5.26. The van der Waals surface area contributed by atoms with E-state index in [1.807, 2.05) is 31.2 Å². The molecule has 1 amide bonds. The summed E-state index contributed by atoms with van der Waals surface area (Å²) in [5.41, 5.74) is 2.29. The van der Waals surface area contributed by atoms with Crippen LogP contribution in [0, 0.1) is 12.7 Å². The van der Waals surface area contributed by atoms with E-state index in [0.717, 1.165) is 39.5 Å². The molecule has 1 aromatic heterocycles. The first-order valence-electron chi connectivity index (χ1n) is 8.74. The molecule has 0 bridgehead atoms. The Morgan fingerprint density at radius 1 is 1.19 bits per heavy atom. The summed E-state index contributed by atoms with van der Waals surface area (Å²) in [6.07, 6.45) is 1.58. The first kappa shape index (κ1) is 18.1. The maximum Gasteiger partial charge on any atom is 0.231 e. The molecule has 6 heteroatoms. The standard InChI is InChI=1S/C21H18ClFN2OS/c1-13-19(14-2-6-16(22)7-3-14)25-18(27-13)12-24-20(26)21(10-11-21)15-4-8-17(23)9-5-15/h2-9H,10-12H2,1H3,(H,24,26). The van der Waals surface area contributed by atoms with Crippen LogP contribution in [0.1, 0.15) is 28.3 Å². The van der Waals surface area contributed by atoms with Gasteiger partial charge in [0.05, 0.1) is 17.7 Å². The Morgan fingerprint density at radius 2 is 1.85 bits per heavy atom. The smallest absolute Gasteiger partial charge is 0.231 e. The van der Waals surface area contributed by atoms with Crippen molar-refractivity contribution < 1.29 is 9.18 Å². The van der Waals surface area contributed by atoms with Crippen LogP contribution in [0.3, 0.4) is 0 Å². The second-order valence-electron chi connectivity index (χ2n) is 6.79. The Morgan fingerprint density at radius 3 is 2.48 bits per heavy atom. The van der Waals surface area contributed by atoms with Crippen molar-refractivity contribution in [1.82, 2.24) is 10.3 Å². The molecule has 1 fully saturated rings. The van der Waals surface area contributed by atoms with Crippen LogP contribution >= 0.6 is 22.9 Å². The number of thiazole rings is 1. The van der Waals surface area contributed by atoms with Crippen molar-refractivity contribution in [2.45, 2.75) is 31.7 Å². The molecule has 3 aromatic rings. The van der Waals surface area contributed by atoms with Crippen LogP contribution in [-0.2, 0) is 16.8 Å². The molecule has 0 saturated heterocycles. The normalized spacial score (nSPS) is 14.8. The van der Waals surface area contributed by atoms with Crippen LogP contribution in [0.15, 0.2) is 48.5 Å².